The highest BCUT2D eigenvalue weighted by atomic mass is 32.2. The summed E-state index contributed by atoms with van der Waals surface area (Å²) in [5, 5.41) is 3.14. The third-order valence-electron chi connectivity index (χ3n) is 7.73. The molecule has 1 heterocycles. The smallest absolute Gasteiger partial charge is 0.352 e. The molecule has 1 N–H and O–H groups in total. The number of rotatable bonds is 4. The Morgan fingerprint density at radius 3 is 2.12 bits per heavy atom. The van der Waals surface area contributed by atoms with Crippen molar-refractivity contribution in [1.29, 1.82) is 0 Å². The Balaban J connectivity index is 1.25. The fourth-order valence-corrected chi connectivity index (χ4v) is 8.22. The zero-order chi connectivity index (χ0) is 22.7. The van der Waals surface area contributed by atoms with Crippen LogP contribution in [0.2, 0.25) is 0 Å². The van der Waals surface area contributed by atoms with E-state index in [1.807, 2.05) is 0 Å². The van der Waals surface area contributed by atoms with Crippen molar-refractivity contribution in [1.82, 2.24) is 9.62 Å². The van der Waals surface area contributed by atoms with Crippen molar-refractivity contribution < 1.29 is 26.4 Å². The summed E-state index contributed by atoms with van der Waals surface area (Å²) in [6.45, 7) is 0.123. The highest BCUT2D eigenvalue weighted by Crippen LogP contribution is 2.53. The first kappa shape index (κ1) is 22.0. The molecule has 5 fully saturated rings. The largest absolute Gasteiger partial charge is 0.416 e. The van der Waals surface area contributed by atoms with Crippen LogP contribution in [0.1, 0.15) is 44.1 Å². The Hall–Kier alpha value is -1.81. The summed E-state index contributed by atoms with van der Waals surface area (Å²) in [6, 6.07) is 4.22. The maximum Gasteiger partial charge on any atom is 0.416 e. The molecule has 6 rings (SSSR count). The highest BCUT2D eigenvalue weighted by molar-refractivity contribution is 7.90. The number of hydrogen-bond acceptors (Lipinski definition) is 3. The van der Waals surface area contributed by atoms with Gasteiger partial charge in [0, 0.05) is 19.1 Å². The lowest BCUT2D eigenvalue weighted by Gasteiger charge is -2.54. The summed E-state index contributed by atoms with van der Waals surface area (Å²) in [5.41, 5.74) is -0.660. The quantitative estimate of drug-likeness (QED) is 0.732. The van der Waals surface area contributed by atoms with Gasteiger partial charge in [-0.05, 0) is 86.5 Å². The third-order valence-corrected chi connectivity index (χ3v) is 9.65. The second-order valence-corrected chi connectivity index (χ2v) is 11.7. The molecule has 0 aromatic heterocycles. The predicted molar refractivity (Wildman–Crippen MR) is 113 cm³/mol. The molecule has 4 bridgehead atoms. The van der Waals surface area contributed by atoms with Crippen molar-refractivity contribution in [2.75, 3.05) is 23.9 Å². The molecule has 32 heavy (non-hydrogen) atoms. The minimum atomic E-state index is -4.48. The number of carbonyl (C=O) groups is 1. The van der Waals surface area contributed by atoms with E-state index >= 15 is 0 Å². The molecule has 4 saturated carbocycles. The van der Waals surface area contributed by atoms with Gasteiger partial charge in [0.15, 0.2) is 0 Å². The van der Waals surface area contributed by atoms with E-state index < -0.39 is 21.9 Å². The maximum absolute atomic E-state index is 13.1. The summed E-state index contributed by atoms with van der Waals surface area (Å²) in [5.74, 6) is 2.27. The molecule has 176 valence electrons. The number of hydrogen-bond donors (Lipinski definition) is 1. The molecule has 5 aliphatic rings. The van der Waals surface area contributed by atoms with Gasteiger partial charge in [0.05, 0.1) is 17.8 Å². The number of nitrogens with one attached hydrogen (secondary N) is 1. The molecule has 10 heteroatoms. The molecular weight excluding hydrogens is 443 g/mol. The van der Waals surface area contributed by atoms with Gasteiger partial charge in [-0.3, -0.25) is 9.10 Å². The Labute approximate surface area is 186 Å². The van der Waals surface area contributed by atoms with Gasteiger partial charge in [-0.1, -0.05) is 0 Å². The number of alkyl halides is 3. The molecule has 1 amide bonds. The third kappa shape index (κ3) is 4.00. The molecule has 1 saturated heterocycles. The molecule has 1 aromatic carbocycles. The summed E-state index contributed by atoms with van der Waals surface area (Å²) < 4.78 is 67.0. The number of nitrogens with zero attached hydrogens (tertiary/aromatic N) is 2. The van der Waals surface area contributed by atoms with Crippen molar-refractivity contribution in [3.8, 4) is 0 Å². The van der Waals surface area contributed by atoms with Gasteiger partial charge in [0.2, 0.25) is 5.91 Å². The van der Waals surface area contributed by atoms with E-state index in [0.29, 0.717) is 18.3 Å². The molecule has 1 aliphatic heterocycles. The van der Waals surface area contributed by atoms with Gasteiger partial charge < -0.3 is 5.32 Å². The first-order valence-corrected chi connectivity index (χ1v) is 12.8. The maximum atomic E-state index is 13.1. The van der Waals surface area contributed by atoms with E-state index in [0.717, 1.165) is 58.3 Å². The van der Waals surface area contributed by atoms with Crippen molar-refractivity contribution >= 4 is 21.8 Å². The number of amides is 1. The average molecular weight is 472 g/mol. The fourth-order valence-electron chi connectivity index (χ4n) is 6.55. The Morgan fingerprint density at radius 1 is 0.969 bits per heavy atom. The van der Waals surface area contributed by atoms with Crippen LogP contribution < -0.4 is 9.62 Å². The molecule has 0 atom stereocenters. The van der Waals surface area contributed by atoms with E-state index in [1.54, 1.807) is 0 Å². The van der Waals surface area contributed by atoms with E-state index in [2.05, 4.69) is 5.32 Å². The SMILES string of the molecule is O=C(CN1CCCN(c2ccc(C(F)(F)F)cc2)S1(=O)=O)NC1C2CC3CC(C2)CC1C3. The topological polar surface area (TPSA) is 69.7 Å². The van der Waals surface area contributed by atoms with Gasteiger partial charge in [-0.2, -0.15) is 25.9 Å². The van der Waals surface area contributed by atoms with Gasteiger partial charge in [-0.15, -0.1) is 0 Å². The van der Waals surface area contributed by atoms with Crippen LogP contribution in [0.15, 0.2) is 24.3 Å². The minimum Gasteiger partial charge on any atom is -0.352 e. The molecule has 1 aromatic rings. The monoisotopic (exact) mass is 471 g/mol. The lowest BCUT2D eigenvalue weighted by Crippen LogP contribution is -2.58. The number of benzene rings is 1. The molecular formula is C22H28F3N3O3S. The molecule has 0 unspecified atom stereocenters. The van der Waals surface area contributed by atoms with Gasteiger partial charge in [-0.25, -0.2) is 0 Å². The number of carbonyl (C=O) groups excluding carboxylic acids is 1. The van der Waals surface area contributed by atoms with Crippen LogP contribution in [0.5, 0.6) is 0 Å². The fraction of sp³-hybridized carbons (Fsp3) is 0.682. The lowest BCUT2D eigenvalue weighted by atomic mass is 9.54. The van der Waals surface area contributed by atoms with E-state index in [9.17, 15) is 26.4 Å². The summed E-state index contributed by atoms with van der Waals surface area (Å²) in [6.07, 6.45) is 1.94. The van der Waals surface area contributed by atoms with Gasteiger partial charge in [0.1, 0.15) is 0 Å². The lowest BCUT2D eigenvalue weighted by molar-refractivity contribution is -0.137. The van der Waals surface area contributed by atoms with Crippen molar-refractivity contribution in [2.45, 2.75) is 50.7 Å². The van der Waals surface area contributed by atoms with Crippen LogP contribution >= 0.6 is 0 Å². The van der Waals surface area contributed by atoms with Crippen molar-refractivity contribution in [3.63, 3.8) is 0 Å². The Bertz CT molecular complexity index is 952. The van der Waals surface area contributed by atoms with E-state index in [4.69, 9.17) is 0 Å². The molecule has 4 aliphatic carbocycles. The van der Waals surface area contributed by atoms with Gasteiger partial charge >= 0.3 is 16.4 Å². The number of halogens is 3. The standard InChI is InChI=1S/C22H28F3N3O3S/c23-22(24,25)18-2-4-19(5-3-18)28-7-1-6-27(32(28,30)31)13-20(29)26-21-16-9-14-8-15(11-16)12-17(21)10-14/h2-5,14-17,21H,1,6-13H2,(H,26,29). The van der Waals surface area contributed by atoms with Gasteiger partial charge in [0.25, 0.3) is 0 Å². The van der Waals surface area contributed by atoms with Crippen LogP contribution in [0.4, 0.5) is 18.9 Å². The summed E-state index contributed by atoms with van der Waals surface area (Å²) in [7, 11) is -4.00. The zero-order valence-electron chi connectivity index (χ0n) is 17.7. The second-order valence-electron chi connectivity index (χ2n) is 9.84. The van der Waals surface area contributed by atoms with Crippen molar-refractivity contribution in [2.24, 2.45) is 23.7 Å². The van der Waals surface area contributed by atoms with Crippen LogP contribution in [0, 0.1) is 23.7 Å². The van der Waals surface area contributed by atoms with Crippen LogP contribution in [-0.4, -0.2) is 44.3 Å². The molecule has 0 spiro atoms. The predicted octanol–water partition coefficient (Wildman–Crippen LogP) is 3.40. The zero-order valence-corrected chi connectivity index (χ0v) is 18.5. The summed E-state index contributed by atoms with van der Waals surface area (Å²) >= 11 is 0. The molecule has 6 nitrogen and oxygen atoms in total. The molecule has 0 radical (unpaired) electrons. The van der Waals surface area contributed by atoms with Crippen LogP contribution in [0.3, 0.4) is 0 Å². The minimum absolute atomic E-state index is 0.133. The van der Waals surface area contributed by atoms with E-state index in [1.165, 1.54) is 18.6 Å². The second kappa shape index (κ2) is 7.90. The Morgan fingerprint density at radius 2 is 1.56 bits per heavy atom. The average Bonchev–Trinajstić information content (AvgIpc) is 2.71. The first-order valence-electron chi connectivity index (χ1n) is 11.4. The summed E-state index contributed by atoms with van der Waals surface area (Å²) in [4.78, 5) is 12.8. The van der Waals surface area contributed by atoms with E-state index in [-0.39, 0.29) is 37.3 Å². The van der Waals surface area contributed by atoms with Crippen molar-refractivity contribution in [3.05, 3.63) is 29.8 Å². The number of anilines is 1. The normalized spacial score (nSPS) is 34.0. The van der Waals surface area contributed by atoms with Crippen LogP contribution in [0.25, 0.3) is 0 Å². The first-order chi connectivity index (χ1) is 15.1. The highest BCUT2D eigenvalue weighted by Gasteiger charge is 2.49. The van der Waals surface area contributed by atoms with Crippen LogP contribution in [-0.2, 0) is 21.2 Å². The Kier molecular flexibility index (Phi) is 5.43.